The largest absolute Gasteiger partial charge is 0.497 e. The lowest BCUT2D eigenvalue weighted by Crippen LogP contribution is -2.33. The fourth-order valence-electron chi connectivity index (χ4n) is 2.39. The number of nitrogens with one attached hydrogen (secondary N) is 1. The molecular weight excluding hydrogens is 374 g/mol. The maximum atomic E-state index is 12.7. The van der Waals surface area contributed by atoms with Gasteiger partial charge in [-0.2, -0.15) is 8.78 Å². The van der Waals surface area contributed by atoms with Crippen molar-refractivity contribution in [1.82, 2.24) is 4.90 Å². The van der Waals surface area contributed by atoms with Crippen molar-refractivity contribution in [2.75, 3.05) is 26.0 Å². The van der Waals surface area contributed by atoms with E-state index in [1.54, 1.807) is 24.3 Å². The van der Waals surface area contributed by atoms with Crippen LogP contribution in [0.15, 0.2) is 42.5 Å². The van der Waals surface area contributed by atoms with E-state index in [0.717, 1.165) is 0 Å². The summed E-state index contributed by atoms with van der Waals surface area (Å²) in [4.78, 5) is 24.0. The summed E-state index contributed by atoms with van der Waals surface area (Å²) in [6.45, 7) is -2.97. The van der Waals surface area contributed by atoms with Crippen LogP contribution in [-0.4, -0.2) is 49.3 Å². The van der Waals surface area contributed by atoms with Gasteiger partial charge in [0.15, 0.2) is 0 Å². The molecule has 0 aliphatic carbocycles. The van der Waals surface area contributed by atoms with Gasteiger partial charge in [-0.15, -0.1) is 0 Å². The SMILES string of the molecule is COc1ccc(-c2cc(NC(=O)N(C)CCC(=O)O)ccc2OC(F)F)cc1. The third-order valence-electron chi connectivity index (χ3n) is 3.86. The van der Waals surface area contributed by atoms with Gasteiger partial charge >= 0.3 is 18.6 Å². The number of aliphatic carboxylic acids is 1. The monoisotopic (exact) mass is 394 g/mol. The lowest BCUT2D eigenvalue weighted by molar-refractivity contribution is -0.137. The third-order valence-corrected chi connectivity index (χ3v) is 3.86. The van der Waals surface area contributed by atoms with Crippen molar-refractivity contribution < 1.29 is 33.0 Å². The van der Waals surface area contributed by atoms with Crippen LogP contribution < -0.4 is 14.8 Å². The Morgan fingerprint density at radius 1 is 1.18 bits per heavy atom. The number of urea groups is 1. The topological polar surface area (TPSA) is 88.1 Å². The first kappa shape index (κ1) is 20.9. The summed E-state index contributed by atoms with van der Waals surface area (Å²) in [5.74, 6) is -0.461. The maximum absolute atomic E-state index is 12.7. The van der Waals surface area contributed by atoms with Crippen molar-refractivity contribution in [3.63, 3.8) is 0 Å². The van der Waals surface area contributed by atoms with Crippen molar-refractivity contribution in [1.29, 1.82) is 0 Å². The predicted molar refractivity (Wildman–Crippen MR) is 99.0 cm³/mol. The van der Waals surface area contributed by atoms with E-state index in [0.29, 0.717) is 22.6 Å². The molecule has 0 bridgehead atoms. The molecular formula is C19H20F2N2O5. The average molecular weight is 394 g/mol. The van der Waals surface area contributed by atoms with E-state index in [4.69, 9.17) is 9.84 Å². The lowest BCUT2D eigenvalue weighted by Gasteiger charge is -2.18. The molecule has 2 amide bonds. The number of carbonyl (C=O) groups is 2. The van der Waals surface area contributed by atoms with Gasteiger partial charge in [0.1, 0.15) is 11.5 Å². The van der Waals surface area contributed by atoms with E-state index in [1.807, 2.05) is 0 Å². The summed E-state index contributed by atoms with van der Waals surface area (Å²) in [6, 6.07) is 10.4. The van der Waals surface area contributed by atoms with Crippen molar-refractivity contribution in [3.8, 4) is 22.6 Å². The number of halogens is 2. The highest BCUT2D eigenvalue weighted by Gasteiger charge is 2.15. The smallest absolute Gasteiger partial charge is 0.387 e. The molecule has 0 atom stereocenters. The van der Waals surface area contributed by atoms with E-state index >= 15 is 0 Å². The highest BCUT2D eigenvalue weighted by atomic mass is 19.3. The van der Waals surface area contributed by atoms with Crippen molar-refractivity contribution in [2.45, 2.75) is 13.0 Å². The second-order valence-corrected chi connectivity index (χ2v) is 5.81. The van der Waals surface area contributed by atoms with Crippen LogP contribution in [0, 0.1) is 0 Å². The molecule has 0 saturated heterocycles. The molecule has 28 heavy (non-hydrogen) atoms. The van der Waals surface area contributed by atoms with Gasteiger partial charge in [0, 0.05) is 24.8 Å². The summed E-state index contributed by atoms with van der Waals surface area (Å²) in [7, 11) is 2.97. The number of carboxylic acid groups (broad SMARTS) is 1. The van der Waals surface area contributed by atoms with Gasteiger partial charge < -0.3 is 24.8 Å². The Labute approximate surface area is 160 Å². The second kappa shape index (κ2) is 9.54. The Morgan fingerprint density at radius 3 is 2.43 bits per heavy atom. The number of amides is 2. The number of rotatable bonds is 8. The number of carboxylic acids is 1. The van der Waals surface area contributed by atoms with Gasteiger partial charge in [-0.05, 0) is 35.9 Å². The van der Waals surface area contributed by atoms with Crippen LogP contribution in [0.1, 0.15) is 6.42 Å². The number of ether oxygens (including phenoxy) is 2. The second-order valence-electron chi connectivity index (χ2n) is 5.81. The summed E-state index contributed by atoms with van der Waals surface area (Å²) in [5.41, 5.74) is 1.29. The lowest BCUT2D eigenvalue weighted by atomic mass is 10.0. The number of benzene rings is 2. The van der Waals surface area contributed by atoms with E-state index in [9.17, 15) is 18.4 Å². The number of hydrogen-bond donors (Lipinski definition) is 2. The first-order chi connectivity index (χ1) is 13.3. The first-order valence-electron chi connectivity index (χ1n) is 8.27. The molecule has 2 N–H and O–H groups in total. The number of hydrogen-bond acceptors (Lipinski definition) is 4. The van der Waals surface area contributed by atoms with E-state index < -0.39 is 18.6 Å². The standard InChI is InChI=1S/C19H20F2N2O5/c1-23(10-9-17(24)25)19(26)22-13-5-8-16(28-18(20)21)15(11-13)12-3-6-14(27-2)7-4-12/h3-8,11,18H,9-10H2,1-2H3,(H,22,26)(H,24,25). The molecule has 2 aromatic rings. The fraction of sp³-hybridized carbons (Fsp3) is 0.263. The number of nitrogens with zero attached hydrogens (tertiary/aromatic N) is 1. The summed E-state index contributed by atoms with van der Waals surface area (Å²) in [5, 5.41) is 11.3. The van der Waals surface area contributed by atoms with E-state index in [-0.39, 0.29) is 18.7 Å². The molecule has 0 radical (unpaired) electrons. The molecule has 0 spiro atoms. The molecule has 0 heterocycles. The van der Waals surface area contributed by atoms with Gasteiger partial charge in [-0.3, -0.25) is 4.79 Å². The minimum atomic E-state index is -3.00. The Kier molecular flexibility index (Phi) is 7.14. The molecule has 0 aliphatic rings. The molecule has 0 saturated carbocycles. The Morgan fingerprint density at radius 2 is 1.86 bits per heavy atom. The zero-order chi connectivity index (χ0) is 20.7. The van der Waals surface area contributed by atoms with Crippen LogP contribution in [0.2, 0.25) is 0 Å². The van der Waals surface area contributed by atoms with Crippen LogP contribution in [-0.2, 0) is 4.79 Å². The Balaban J connectivity index is 2.26. The zero-order valence-electron chi connectivity index (χ0n) is 15.3. The van der Waals surface area contributed by atoms with Crippen molar-refractivity contribution in [2.24, 2.45) is 0 Å². The molecule has 0 aromatic heterocycles. The van der Waals surface area contributed by atoms with Crippen LogP contribution in [0.4, 0.5) is 19.3 Å². The zero-order valence-corrected chi connectivity index (χ0v) is 15.3. The maximum Gasteiger partial charge on any atom is 0.387 e. The van der Waals surface area contributed by atoms with Crippen LogP contribution >= 0.6 is 0 Å². The number of carbonyl (C=O) groups excluding carboxylic acids is 1. The van der Waals surface area contributed by atoms with Crippen LogP contribution in [0.5, 0.6) is 11.5 Å². The van der Waals surface area contributed by atoms with E-state index in [2.05, 4.69) is 10.1 Å². The summed E-state index contributed by atoms with van der Waals surface area (Å²) < 4.78 is 35.1. The van der Waals surface area contributed by atoms with Crippen LogP contribution in [0.25, 0.3) is 11.1 Å². The number of methoxy groups -OCH3 is 1. The van der Waals surface area contributed by atoms with Crippen molar-refractivity contribution in [3.05, 3.63) is 42.5 Å². The van der Waals surface area contributed by atoms with Gasteiger partial charge in [0.05, 0.1) is 13.5 Å². The molecule has 150 valence electrons. The van der Waals surface area contributed by atoms with Gasteiger partial charge in [-0.1, -0.05) is 12.1 Å². The predicted octanol–water partition coefficient (Wildman–Crippen LogP) is 3.90. The van der Waals surface area contributed by atoms with Gasteiger partial charge in [0.2, 0.25) is 0 Å². The normalized spacial score (nSPS) is 10.5. The first-order valence-corrected chi connectivity index (χ1v) is 8.27. The van der Waals surface area contributed by atoms with Crippen molar-refractivity contribution >= 4 is 17.7 Å². The van der Waals surface area contributed by atoms with E-state index in [1.165, 1.54) is 37.3 Å². The van der Waals surface area contributed by atoms with Gasteiger partial charge in [-0.25, -0.2) is 4.79 Å². The summed E-state index contributed by atoms with van der Waals surface area (Å²) >= 11 is 0. The molecule has 9 heteroatoms. The minimum Gasteiger partial charge on any atom is -0.497 e. The Bertz CT molecular complexity index is 828. The number of anilines is 1. The number of alkyl halides is 2. The highest BCUT2D eigenvalue weighted by Crippen LogP contribution is 2.34. The highest BCUT2D eigenvalue weighted by molar-refractivity contribution is 5.91. The Hall–Kier alpha value is -3.36. The molecule has 2 rings (SSSR count). The molecule has 2 aromatic carbocycles. The molecule has 7 nitrogen and oxygen atoms in total. The summed E-state index contributed by atoms with van der Waals surface area (Å²) in [6.07, 6.45) is -0.192. The fourth-order valence-corrected chi connectivity index (χ4v) is 2.39. The molecule has 0 aliphatic heterocycles. The minimum absolute atomic E-state index is 0.0269. The average Bonchev–Trinajstić information content (AvgIpc) is 2.66. The quantitative estimate of drug-likeness (QED) is 0.709. The van der Waals surface area contributed by atoms with Gasteiger partial charge in [0.25, 0.3) is 0 Å². The molecule has 0 fully saturated rings. The molecule has 0 unspecified atom stereocenters. The van der Waals surface area contributed by atoms with Crippen LogP contribution in [0.3, 0.4) is 0 Å². The third kappa shape index (κ3) is 5.83.